The molecule has 1 saturated carbocycles. The Morgan fingerprint density at radius 2 is 1.90 bits per heavy atom. The molecule has 0 radical (unpaired) electrons. The third kappa shape index (κ3) is 4.62. The van der Waals surface area contributed by atoms with E-state index in [1.54, 1.807) is 0 Å². The lowest BCUT2D eigenvalue weighted by molar-refractivity contribution is -0.131. The molecule has 1 aliphatic carbocycles. The van der Waals surface area contributed by atoms with Gasteiger partial charge in [0.25, 0.3) is 0 Å². The molecule has 2 unspecified atom stereocenters. The highest BCUT2D eigenvalue weighted by atomic mass is 16.5. The molecule has 5 aliphatic rings. The maximum atomic E-state index is 12.7. The van der Waals surface area contributed by atoms with Gasteiger partial charge in [-0.05, 0) is 69.4 Å². The first-order valence-electron chi connectivity index (χ1n) is 12.2. The van der Waals surface area contributed by atoms with Gasteiger partial charge in [0.05, 0.1) is 18.8 Å². The fourth-order valence-electron chi connectivity index (χ4n) is 5.97. The molecule has 1 amide bonds. The lowest BCUT2D eigenvalue weighted by Crippen LogP contribution is -2.50. The Labute approximate surface area is 185 Å². The van der Waals surface area contributed by atoms with Crippen LogP contribution in [0.1, 0.15) is 62.0 Å². The summed E-state index contributed by atoms with van der Waals surface area (Å²) >= 11 is 0. The van der Waals surface area contributed by atoms with Gasteiger partial charge in [-0.2, -0.15) is 0 Å². The Kier molecular flexibility index (Phi) is 6.49. The van der Waals surface area contributed by atoms with E-state index in [-0.39, 0.29) is 24.1 Å². The van der Waals surface area contributed by atoms with Crippen LogP contribution in [-0.2, 0) is 14.3 Å². The molecular weight excluding hydrogens is 392 g/mol. The van der Waals surface area contributed by atoms with E-state index in [2.05, 4.69) is 35.3 Å². The number of fused-ring (bicyclic) bond motifs is 5. The maximum absolute atomic E-state index is 12.7. The number of carbonyl (C=O) groups is 1. The molecule has 1 aromatic carbocycles. The highest BCUT2D eigenvalue weighted by Gasteiger charge is 2.38. The smallest absolute Gasteiger partial charge is 0.249 e. The number of carbonyl (C=O) groups excluding carboxylic acids is 1. The van der Waals surface area contributed by atoms with Crippen molar-refractivity contribution in [3.05, 3.63) is 29.3 Å². The molecule has 1 aromatic rings. The van der Waals surface area contributed by atoms with Crippen molar-refractivity contribution in [2.75, 3.05) is 32.9 Å². The lowest BCUT2D eigenvalue weighted by Gasteiger charge is -2.32. The number of benzene rings is 1. The predicted molar refractivity (Wildman–Crippen MR) is 119 cm³/mol. The lowest BCUT2D eigenvalue weighted by atomic mass is 9.80. The molecule has 1 N–H and O–H groups in total. The van der Waals surface area contributed by atoms with Crippen molar-refractivity contribution in [3.8, 4) is 5.75 Å². The average molecular weight is 429 g/mol. The molecule has 6 nitrogen and oxygen atoms in total. The quantitative estimate of drug-likeness (QED) is 0.784. The molecular formula is C25H36N2O4. The van der Waals surface area contributed by atoms with Crippen LogP contribution in [0.5, 0.6) is 5.75 Å². The summed E-state index contributed by atoms with van der Waals surface area (Å²) in [5.41, 5.74) is 2.74. The molecule has 0 aromatic heterocycles. The summed E-state index contributed by atoms with van der Waals surface area (Å²) in [4.78, 5) is 15.1. The molecule has 4 heterocycles. The summed E-state index contributed by atoms with van der Waals surface area (Å²) < 4.78 is 18.4. The molecule has 0 spiro atoms. The van der Waals surface area contributed by atoms with Crippen LogP contribution in [0.2, 0.25) is 0 Å². The van der Waals surface area contributed by atoms with Crippen molar-refractivity contribution in [2.45, 2.75) is 82.1 Å². The number of hydrogen-bond donors (Lipinski definition) is 1. The number of rotatable bonds is 2. The maximum Gasteiger partial charge on any atom is 0.249 e. The molecule has 3 atom stereocenters. The largest absolute Gasteiger partial charge is 0.492 e. The first kappa shape index (κ1) is 21.2. The fraction of sp³-hybridized carbons (Fsp3) is 0.720. The van der Waals surface area contributed by atoms with Gasteiger partial charge in [-0.15, -0.1) is 0 Å². The van der Waals surface area contributed by atoms with E-state index in [1.807, 2.05) is 0 Å². The van der Waals surface area contributed by atoms with Gasteiger partial charge < -0.3 is 19.5 Å². The number of nitrogens with zero attached hydrogens (tertiary/aromatic N) is 1. The van der Waals surface area contributed by atoms with Crippen molar-refractivity contribution >= 4 is 5.91 Å². The summed E-state index contributed by atoms with van der Waals surface area (Å²) in [5, 5.41) is 3.28. The van der Waals surface area contributed by atoms with Crippen LogP contribution in [0.3, 0.4) is 0 Å². The first-order valence-corrected chi connectivity index (χ1v) is 12.2. The molecule has 6 heteroatoms. The Bertz CT molecular complexity index is 771. The van der Waals surface area contributed by atoms with Gasteiger partial charge in [-0.1, -0.05) is 12.1 Å². The standard InChI is InChI=1S/C25H36N2O4/c1-17-4-2-5-22-24(17)18-7-9-19(10-8-18)31-16-21-20(11-12-27(21)13-15-30-22)26-25(28)23-6-3-14-29-23/h2,4-5,18-21,23H,3,6-16H2,1H3,(H,26,28)/t18?,19?,20-,21?,23?/m0/s1. The summed E-state index contributed by atoms with van der Waals surface area (Å²) in [6, 6.07) is 6.77. The molecule has 4 aliphatic heterocycles. The van der Waals surface area contributed by atoms with Gasteiger partial charge in [-0.3, -0.25) is 9.69 Å². The van der Waals surface area contributed by atoms with Crippen LogP contribution in [0.15, 0.2) is 18.2 Å². The minimum Gasteiger partial charge on any atom is -0.492 e. The predicted octanol–water partition coefficient (Wildman–Crippen LogP) is 3.17. The van der Waals surface area contributed by atoms with Crippen molar-refractivity contribution in [3.63, 3.8) is 0 Å². The number of nitrogens with one attached hydrogen (secondary N) is 1. The number of ether oxygens (including phenoxy) is 3. The van der Waals surface area contributed by atoms with Crippen molar-refractivity contribution in [2.24, 2.45) is 0 Å². The van der Waals surface area contributed by atoms with Gasteiger partial charge in [0, 0.05) is 31.3 Å². The zero-order valence-corrected chi connectivity index (χ0v) is 18.7. The van der Waals surface area contributed by atoms with E-state index in [0.717, 1.165) is 63.8 Å². The normalized spacial score (nSPS) is 34.0. The monoisotopic (exact) mass is 428 g/mol. The minimum atomic E-state index is -0.275. The highest BCUT2D eigenvalue weighted by Crippen LogP contribution is 2.40. The highest BCUT2D eigenvalue weighted by molar-refractivity contribution is 5.81. The van der Waals surface area contributed by atoms with Gasteiger partial charge in [-0.25, -0.2) is 0 Å². The van der Waals surface area contributed by atoms with Crippen LogP contribution in [0.4, 0.5) is 0 Å². The van der Waals surface area contributed by atoms with E-state index in [9.17, 15) is 4.79 Å². The van der Waals surface area contributed by atoms with E-state index in [0.29, 0.717) is 31.8 Å². The first-order chi connectivity index (χ1) is 15.2. The molecule has 31 heavy (non-hydrogen) atoms. The third-order valence-electron chi connectivity index (χ3n) is 7.72. The van der Waals surface area contributed by atoms with Crippen LogP contribution >= 0.6 is 0 Å². The van der Waals surface area contributed by atoms with Crippen LogP contribution in [-0.4, -0.2) is 68.0 Å². The van der Waals surface area contributed by atoms with E-state index in [1.165, 1.54) is 11.1 Å². The number of hydrogen-bond acceptors (Lipinski definition) is 5. The second-order valence-corrected chi connectivity index (χ2v) is 9.65. The van der Waals surface area contributed by atoms with Crippen LogP contribution in [0.25, 0.3) is 0 Å². The Morgan fingerprint density at radius 3 is 2.71 bits per heavy atom. The second-order valence-electron chi connectivity index (χ2n) is 9.65. The van der Waals surface area contributed by atoms with Crippen LogP contribution in [0, 0.1) is 6.92 Å². The Hall–Kier alpha value is -1.63. The van der Waals surface area contributed by atoms with Crippen molar-refractivity contribution in [1.29, 1.82) is 0 Å². The molecule has 3 fully saturated rings. The van der Waals surface area contributed by atoms with Crippen LogP contribution < -0.4 is 10.1 Å². The molecule has 170 valence electrons. The van der Waals surface area contributed by atoms with E-state index in [4.69, 9.17) is 14.2 Å². The van der Waals surface area contributed by atoms with E-state index >= 15 is 0 Å². The van der Waals surface area contributed by atoms with Gasteiger partial charge in [0.2, 0.25) is 5.91 Å². The number of amides is 1. The SMILES string of the molecule is Cc1cccc2c1C1CCC(CC1)OCC1[C@@H](NC(=O)C3CCCO3)CCN1CCO2. The average Bonchev–Trinajstić information content (AvgIpc) is 3.43. The van der Waals surface area contributed by atoms with Gasteiger partial charge in [0.15, 0.2) is 0 Å². The van der Waals surface area contributed by atoms with Gasteiger partial charge in [0.1, 0.15) is 18.5 Å². The number of aryl methyl sites for hydroxylation is 1. The van der Waals surface area contributed by atoms with E-state index < -0.39 is 0 Å². The zero-order valence-electron chi connectivity index (χ0n) is 18.7. The molecule has 2 saturated heterocycles. The topological polar surface area (TPSA) is 60.0 Å². The summed E-state index contributed by atoms with van der Waals surface area (Å²) in [5.74, 6) is 1.67. The summed E-state index contributed by atoms with van der Waals surface area (Å²) in [6.45, 7) is 6.06. The third-order valence-corrected chi connectivity index (χ3v) is 7.72. The molecule has 2 bridgehead atoms. The molecule has 6 rings (SSSR count). The Morgan fingerprint density at radius 1 is 1.03 bits per heavy atom. The minimum absolute atomic E-state index is 0.0495. The van der Waals surface area contributed by atoms with Gasteiger partial charge >= 0.3 is 0 Å². The fourth-order valence-corrected chi connectivity index (χ4v) is 5.97. The van der Waals surface area contributed by atoms with Crippen molar-refractivity contribution in [1.82, 2.24) is 10.2 Å². The second kappa shape index (κ2) is 9.47. The zero-order chi connectivity index (χ0) is 21.2. The summed E-state index contributed by atoms with van der Waals surface area (Å²) in [6.07, 6.45) is 7.30. The Balaban J connectivity index is 1.31. The van der Waals surface area contributed by atoms with Crippen molar-refractivity contribution < 1.29 is 19.0 Å². The summed E-state index contributed by atoms with van der Waals surface area (Å²) in [7, 11) is 0.